The molecule has 0 saturated heterocycles. The summed E-state index contributed by atoms with van der Waals surface area (Å²) in [5.41, 5.74) is 2.24. The van der Waals surface area contributed by atoms with Crippen LogP contribution in [0.15, 0.2) is 0 Å². The summed E-state index contributed by atoms with van der Waals surface area (Å²) in [5.74, 6) is 0. The zero-order valence-electron chi connectivity index (χ0n) is 3.70. The van der Waals surface area contributed by atoms with Crippen molar-refractivity contribution < 1.29 is 22.6 Å². The minimum absolute atomic E-state index is 0. The predicted molar refractivity (Wildman–Crippen MR) is 27.4 cm³/mol. The molecule has 38 valence electrons. The molecular formula is C2H8Cl2OZn. The number of hydrogen-bond donors (Lipinski definition) is 0. The third kappa shape index (κ3) is 19.1. The Labute approximate surface area is 56.8 Å². The Morgan fingerprint density at radius 2 is 1.83 bits per heavy atom. The molecule has 0 unspecified atom stereocenters. The number of hydrogen-bond acceptors (Lipinski definition) is 0. The summed E-state index contributed by atoms with van der Waals surface area (Å²) in [4.78, 5) is 0. The first-order chi connectivity index (χ1) is 1.91. The fourth-order valence-electron chi connectivity index (χ4n) is 0. The van der Waals surface area contributed by atoms with Crippen LogP contribution >= 0.6 is 24.0 Å². The summed E-state index contributed by atoms with van der Waals surface area (Å²) in [7, 11) is 0. The van der Waals surface area contributed by atoms with Gasteiger partial charge in [0.05, 0.1) is 0 Å². The van der Waals surface area contributed by atoms with E-state index in [9.17, 15) is 0 Å². The van der Waals surface area contributed by atoms with Gasteiger partial charge < -0.3 is 5.48 Å². The normalized spacial score (nSPS) is 3.67. The van der Waals surface area contributed by atoms with Gasteiger partial charge in [-0.2, -0.15) is 0 Å². The van der Waals surface area contributed by atoms with Crippen molar-refractivity contribution in [3.8, 4) is 0 Å². The van der Waals surface area contributed by atoms with E-state index in [4.69, 9.17) is 11.6 Å². The standard InChI is InChI=1S/CH2Cl.CH3.ClH.H2O.Zn/c1-2;;;;/h1H2;1H3;1H;1H2;. The van der Waals surface area contributed by atoms with E-state index in [0.29, 0.717) is 0 Å². The van der Waals surface area contributed by atoms with Crippen LogP contribution in [-0.4, -0.2) is 9.95 Å². The SMILES string of the molecule is Cl.O.[CH3][Zn][CH2]Cl. The van der Waals surface area contributed by atoms with Crippen LogP contribution in [0.1, 0.15) is 0 Å². The van der Waals surface area contributed by atoms with Gasteiger partial charge in [0.15, 0.2) is 0 Å². The molecule has 0 heterocycles. The van der Waals surface area contributed by atoms with Gasteiger partial charge >= 0.3 is 38.7 Å². The van der Waals surface area contributed by atoms with Gasteiger partial charge in [0.25, 0.3) is 0 Å². The molecule has 0 aliphatic rings. The van der Waals surface area contributed by atoms with Crippen molar-refractivity contribution in [2.45, 2.75) is 5.52 Å². The van der Waals surface area contributed by atoms with Crippen molar-refractivity contribution in [3.05, 3.63) is 0 Å². The first kappa shape index (κ1) is 15.7. The molecule has 0 radical (unpaired) electrons. The van der Waals surface area contributed by atoms with Crippen molar-refractivity contribution in [2.24, 2.45) is 0 Å². The van der Waals surface area contributed by atoms with Gasteiger partial charge in [-0.3, -0.25) is 0 Å². The van der Waals surface area contributed by atoms with Gasteiger partial charge in [-0.1, -0.05) is 0 Å². The third-order valence-corrected chi connectivity index (χ3v) is 2.95. The van der Waals surface area contributed by atoms with E-state index in [-0.39, 0.29) is 35.0 Å². The second kappa shape index (κ2) is 16.4. The zero-order chi connectivity index (χ0) is 3.41. The topological polar surface area (TPSA) is 31.5 Å². The van der Waals surface area contributed by atoms with Crippen LogP contribution in [0.3, 0.4) is 0 Å². The van der Waals surface area contributed by atoms with E-state index in [1.165, 1.54) is 0 Å². The van der Waals surface area contributed by atoms with Crippen LogP contribution in [0.5, 0.6) is 0 Å². The molecule has 0 spiro atoms. The van der Waals surface area contributed by atoms with Crippen molar-refractivity contribution >= 4 is 24.0 Å². The molecule has 0 aromatic heterocycles. The van der Waals surface area contributed by atoms with Gasteiger partial charge in [-0.05, 0) is 0 Å². The minimum atomic E-state index is -0.123. The third-order valence-electron chi connectivity index (χ3n) is 0.189. The molecule has 0 bridgehead atoms. The van der Waals surface area contributed by atoms with Crippen LogP contribution in [-0.2, 0) is 17.1 Å². The molecule has 4 heteroatoms. The van der Waals surface area contributed by atoms with Crippen molar-refractivity contribution in [2.75, 3.05) is 4.47 Å². The quantitative estimate of drug-likeness (QED) is 0.429. The summed E-state index contributed by atoms with van der Waals surface area (Å²) >= 11 is 5.15. The fraction of sp³-hybridized carbons (Fsp3) is 1.00. The summed E-state index contributed by atoms with van der Waals surface area (Å²) in [6.45, 7) is 0. The molecule has 1 nitrogen and oxygen atoms in total. The number of rotatable bonds is 1. The Bertz CT molecular complexity index is 13.5. The van der Waals surface area contributed by atoms with Crippen molar-refractivity contribution in [3.63, 3.8) is 0 Å². The molecule has 6 heavy (non-hydrogen) atoms. The summed E-state index contributed by atoms with van der Waals surface area (Å²) in [6.07, 6.45) is 0. The molecule has 0 aliphatic heterocycles. The predicted octanol–water partition coefficient (Wildman–Crippen LogP) is 0.910. The molecule has 0 aromatic carbocycles. The number of alkyl halides is 1. The van der Waals surface area contributed by atoms with E-state index in [1.54, 1.807) is 0 Å². The maximum atomic E-state index is 5.27. The van der Waals surface area contributed by atoms with Gasteiger partial charge in [0.2, 0.25) is 0 Å². The molecule has 0 atom stereocenters. The summed E-state index contributed by atoms with van der Waals surface area (Å²) < 4.78 is 0.979. The van der Waals surface area contributed by atoms with E-state index in [0.717, 1.165) is 4.47 Å². The molecular weight excluding hydrogens is 176 g/mol. The summed E-state index contributed by atoms with van der Waals surface area (Å²) in [6, 6.07) is 0. The van der Waals surface area contributed by atoms with Crippen LogP contribution < -0.4 is 0 Å². The molecule has 0 amide bonds. The zero-order valence-corrected chi connectivity index (χ0v) is 8.24. The van der Waals surface area contributed by atoms with Gasteiger partial charge in [-0.15, -0.1) is 12.4 Å². The summed E-state index contributed by atoms with van der Waals surface area (Å²) in [5, 5.41) is 0. The Hall–Kier alpha value is 1.16. The average Bonchev–Trinajstić information content (AvgIpc) is 1.37. The van der Waals surface area contributed by atoms with Crippen LogP contribution in [0.2, 0.25) is 5.52 Å². The van der Waals surface area contributed by atoms with Crippen molar-refractivity contribution in [1.29, 1.82) is 0 Å². The fourth-order valence-corrected chi connectivity index (χ4v) is 0. The molecule has 2 N–H and O–H groups in total. The Morgan fingerprint density at radius 1 is 1.67 bits per heavy atom. The van der Waals surface area contributed by atoms with Gasteiger partial charge in [-0.25, -0.2) is 0 Å². The second-order valence-corrected chi connectivity index (χ2v) is 5.54. The maximum absolute atomic E-state index is 5.27. The number of halogens is 2. The molecule has 0 aromatic rings. The van der Waals surface area contributed by atoms with Crippen LogP contribution in [0.25, 0.3) is 0 Å². The molecule has 0 rings (SSSR count). The monoisotopic (exact) mass is 182 g/mol. The van der Waals surface area contributed by atoms with Gasteiger partial charge in [0, 0.05) is 0 Å². The van der Waals surface area contributed by atoms with E-state index >= 15 is 0 Å². The van der Waals surface area contributed by atoms with E-state index in [2.05, 4.69) is 5.52 Å². The first-order valence-electron chi connectivity index (χ1n) is 1.47. The van der Waals surface area contributed by atoms with E-state index in [1.807, 2.05) is 0 Å². The van der Waals surface area contributed by atoms with Crippen molar-refractivity contribution in [1.82, 2.24) is 0 Å². The first-order valence-corrected chi connectivity index (χ1v) is 7.07. The van der Waals surface area contributed by atoms with Crippen LogP contribution in [0.4, 0.5) is 0 Å². The van der Waals surface area contributed by atoms with Gasteiger partial charge in [0.1, 0.15) is 0 Å². The van der Waals surface area contributed by atoms with Crippen LogP contribution in [0, 0.1) is 0 Å². The average molecular weight is 184 g/mol. The Morgan fingerprint density at radius 3 is 1.83 bits per heavy atom. The molecule has 0 fully saturated rings. The Balaban J connectivity index is -0.0000000450. The van der Waals surface area contributed by atoms with E-state index < -0.39 is 0 Å². The molecule has 0 saturated carbocycles. The molecule has 0 aliphatic carbocycles. The Kier molecular flexibility index (Phi) is 43.0. The second-order valence-electron chi connectivity index (χ2n) is 0.689.